The van der Waals surface area contributed by atoms with Crippen LogP contribution in [-0.2, 0) is 17.9 Å². The number of carbonyl (C=O) groups excluding carboxylic acids is 1. The number of carbonyl (C=O) groups is 1. The predicted octanol–water partition coefficient (Wildman–Crippen LogP) is 2.82. The van der Waals surface area contributed by atoms with Gasteiger partial charge in [-0.25, -0.2) is 0 Å². The lowest BCUT2D eigenvalue weighted by Gasteiger charge is -2.24. The minimum atomic E-state index is -0.0978. The number of hydrogen-bond acceptors (Lipinski definition) is 4. The molecule has 1 saturated carbocycles. The molecule has 0 bridgehead atoms. The van der Waals surface area contributed by atoms with Crippen LogP contribution in [0.25, 0.3) is 0 Å². The van der Waals surface area contributed by atoms with Crippen molar-refractivity contribution in [3.05, 3.63) is 48.3 Å². The molecule has 1 aliphatic heterocycles. The van der Waals surface area contributed by atoms with Gasteiger partial charge in [-0.3, -0.25) is 19.4 Å². The third-order valence-corrected chi connectivity index (χ3v) is 6.16. The molecule has 1 aromatic carbocycles. The number of aromatic nitrogens is 2. The number of aliphatic imine (C=N–C) groups is 1. The monoisotopic (exact) mass is 551 g/mol. The Morgan fingerprint density at radius 3 is 2.81 bits per heavy atom. The molecule has 2 fully saturated rings. The average Bonchev–Trinajstić information content (AvgIpc) is 3.53. The molecule has 2 heterocycles. The molecule has 8 nitrogen and oxygen atoms in total. The van der Waals surface area contributed by atoms with E-state index in [4.69, 9.17) is 0 Å². The zero-order valence-corrected chi connectivity index (χ0v) is 21.0. The summed E-state index contributed by atoms with van der Waals surface area (Å²) in [6.45, 7) is 3.12. The highest BCUT2D eigenvalue weighted by atomic mass is 127. The van der Waals surface area contributed by atoms with E-state index in [1.807, 2.05) is 31.3 Å². The Labute approximate surface area is 207 Å². The summed E-state index contributed by atoms with van der Waals surface area (Å²) >= 11 is 0. The van der Waals surface area contributed by atoms with Gasteiger partial charge in [0.05, 0.1) is 0 Å². The molecular weight excluding hydrogens is 517 g/mol. The molecule has 0 radical (unpaired) electrons. The Hall–Kier alpha value is -2.14. The first-order valence-electron chi connectivity index (χ1n) is 11.3. The standard InChI is InChI=1S/C23H33N7O.HI/c1-24-23(28-20-10-13-29(16-20)21-8-2-3-9-21)25-15-18-6-4-7-19(14-18)27-22(31)17-30-12-5-11-26-30;/h4-7,11-12,14,20-21H,2-3,8-10,13,15-17H2,1H3,(H,27,31)(H2,24,25,28);1H. The first-order chi connectivity index (χ1) is 15.2. The van der Waals surface area contributed by atoms with Gasteiger partial charge in [-0.2, -0.15) is 5.10 Å². The zero-order valence-electron chi connectivity index (χ0n) is 18.7. The number of guanidine groups is 1. The summed E-state index contributed by atoms with van der Waals surface area (Å²) in [5.41, 5.74) is 1.86. The largest absolute Gasteiger partial charge is 0.352 e. The summed E-state index contributed by atoms with van der Waals surface area (Å²) in [5, 5.41) is 14.0. The number of halogens is 1. The summed E-state index contributed by atoms with van der Waals surface area (Å²) in [5.74, 6) is 0.728. The second kappa shape index (κ2) is 12.2. The molecule has 1 aliphatic carbocycles. The summed E-state index contributed by atoms with van der Waals surface area (Å²) < 4.78 is 1.60. The van der Waals surface area contributed by atoms with Crippen LogP contribution in [0.1, 0.15) is 37.7 Å². The summed E-state index contributed by atoms with van der Waals surface area (Å²) in [4.78, 5) is 19.2. The van der Waals surface area contributed by atoms with E-state index in [2.05, 4.69) is 30.9 Å². The molecule has 4 rings (SSSR count). The SMILES string of the molecule is CN=C(NCc1cccc(NC(=O)Cn2cccn2)c1)NC1CCN(C2CCCC2)C1.I. The van der Waals surface area contributed by atoms with Gasteiger partial charge in [0.2, 0.25) is 5.91 Å². The van der Waals surface area contributed by atoms with Crippen LogP contribution < -0.4 is 16.0 Å². The number of benzene rings is 1. The van der Waals surface area contributed by atoms with Crippen molar-refractivity contribution in [2.45, 2.75) is 57.3 Å². The number of amides is 1. The number of nitrogens with one attached hydrogen (secondary N) is 3. The van der Waals surface area contributed by atoms with Crippen LogP contribution in [-0.4, -0.2) is 58.8 Å². The Bertz CT molecular complexity index is 880. The molecule has 1 amide bonds. The van der Waals surface area contributed by atoms with E-state index >= 15 is 0 Å². The lowest BCUT2D eigenvalue weighted by Crippen LogP contribution is -2.45. The predicted molar refractivity (Wildman–Crippen MR) is 138 cm³/mol. The van der Waals surface area contributed by atoms with Crippen LogP contribution in [0.5, 0.6) is 0 Å². The van der Waals surface area contributed by atoms with E-state index in [9.17, 15) is 4.79 Å². The fraction of sp³-hybridized carbons (Fsp3) is 0.522. The van der Waals surface area contributed by atoms with E-state index in [1.54, 1.807) is 23.1 Å². The quantitative estimate of drug-likeness (QED) is 0.280. The van der Waals surface area contributed by atoms with Gasteiger partial charge in [0.25, 0.3) is 0 Å². The molecule has 2 aromatic rings. The van der Waals surface area contributed by atoms with Crippen LogP contribution in [0.15, 0.2) is 47.7 Å². The molecule has 1 unspecified atom stereocenters. The number of anilines is 1. The third-order valence-electron chi connectivity index (χ3n) is 6.16. The lowest BCUT2D eigenvalue weighted by molar-refractivity contribution is -0.116. The zero-order chi connectivity index (χ0) is 21.5. The highest BCUT2D eigenvalue weighted by Gasteiger charge is 2.30. The highest BCUT2D eigenvalue weighted by molar-refractivity contribution is 14.0. The molecule has 174 valence electrons. The van der Waals surface area contributed by atoms with Crippen LogP contribution in [0.4, 0.5) is 5.69 Å². The van der Waals surface area contributed by atoms with Crippen LogP contribution in [0.3, 0.4) is 0 Å². The van der Waals surface area contributed by atoms with Crippen molar-refractivity contribution >= 4 is 41.5 Å². The second-order valence-electron chi connectivity index (χ2n) is 8.44. The van der Waals surface area contributed by atoms with E-state index < -0.39 is 0 Å². The van der Waals surface area contributed by atoms with Crippen LogP contribution >= 0.6 is 24.0 Å². The van der Waals surface area contributed by atoms with E-state index in [1.165, 1.54) is 32.2 Å². The Balaban J connectivity index is 0.00000289. The number of rotatable bonds is 7. The molecule has 0 spiro atoms. The van der Waals surface area contributed by atoms with Gasteiger partial charge in [0, 0.05) is 56.8 Å². The molecule has 3 N–H and O–H groups in total. The average molecular weight is 551 g/mol. The number of nitrogens with zero attached hydrogens (tertiary/aromatic N) is 4. The second-order valence-corrected chi connectivity index (χ2v) is 8.44. The fourth-order valence-corrected chi connectivity index (χ4v) is 4.58. The maximum Gasteiger partial charge on any atom is 0.246 e. The third kappa shape index (κ3) is 6.93. The Kier molecular flexibility index (Phi) is 9.34. The summed E-state index contributed by atoms with van der Waals surface area (Å²) in [6, 6.07) is 10.9. The van der Waals surface area contributed by atoms with Crippen molar-refractivity contribution in [2.24, 2.45) is 4.99 Å². The minimum absolute atomic E-state index is 0. The minimum Gasteiger partial charge on any atom is -0.352 e. The maximum absolute atomic E-state index is 12.2. The Morgan fingerprint density at radius 1 is 1.22 bits per heavy atom. The van der Waals surface area contributed by atoms with E-state index in [-0.39, 0.29) is 36.4 Å². The first-order valence-corrected chi connectivity index (χ1v) is 11.3. The molecule has 1 saturated heterocycles. The van der Waals surface area contributed by atoms with Crippen molar-refractivity contribution in [2.75, 3.05) is 25.5 Å². The smallest absolute Gasteiger partial charge is 0.246 e. The molecule has 1 aromatic heterocycles. The molecule has 32 heavy (non-hydrogen) atoms. The number of hydrogen-bond donors (Lipinski definition) is 3. The van der Waals surface area contributed by atoms with Crippen LogP contribution in [0, 0.1) is 0 Å². The van der Waals surface area contributed by atoms with Crippen molar-refractivity contribution in [3.8, 4) is 0 Å². The van der Waals surface area contributed by atoms with Crippen molar-refractivity contribution < 1.29 is 4.79 Å². The number of likely N-dealkylation sites (tertiary alicyclic amines) is 1. The van der Waals surface area contributed by atoms with E-state index in [0.29, 0.717) is 12.6 Å². The molecule has 2 aliphatic rings. The normalized spacial score (nSPS) is 19.5. The molecule has 9 heteroatoms. The topological polar surface area (TPSA) is 86.6 Å². The van der Waals surface area contributed by atoms with Gasteiger partial charge in [0.1, 0.15) is 6.54 Å². The summed E-state index contributed by atoms with van der Waals surface area (Å²) in [7, 11) is 1.81. The first kappa shape index (κ1) is 24.5. The molecule has 1 atom stereocenters. The summed E-state index contributed by atoms with van der Waals surface area (Å²) in [6.07, 6.45) is 10.1. The molecular formula is C23H34IN7O. The van der Waals surface area contributed by atoms with Gasteiger partial charge in [-0.05, 0) is 43.0 Å². The lowest BCUT2D eigenvalue weighted by atomic mass is 10.2. The van der Waals surface area contributed by atoms with Crippen molar-refractivity contribution in [3.63, 3.8) is 0 Å². The van der Waals surface area contributed by atoms with Gasteiger partial charge >= 0.3 is 0 Å². The Morgan fingerprint density at radius 2 is 2.06 bits per heavy atom. The maximum atomic E-state index is 12.2. The van der Waals surface area contributed by atoms with Crippen LogP contribution in [0.2, 0.25) is 0 Å². The fourth-order valence-electron chi connectivity index (χ4n) is 4.58. The van der Waals surface area contributed by atoms with Gasteiger partial charge in [0.15, 0.2) is 5.96 Å². The van der Waals surface area contributed by atoms with Crippen molar-refractivity contribution in [1.82, 2.24) is 25.3 Å². The van der Waals surface area contributed by atoms with Gasteiger partial charge in [-0.1, -0.05) is 25.0 Å². The van der Waals surface area contributed by atoms with Crippen molar-refractivity contribution in [1.29, 1.82) is 0 Å². The van der Waals surface area contributed by atoms with Gasteiger partial charge in [-0.15, -0.1) is 24.0 Å². The highest BCUT2D eigenvalue weighted by Crippen LogP contribution is 2.26. The van der Waals surface area contributed by atoms with E-state index in [0.717, 1.165) is 36.2 Å². The van der Waals surface area contributed by atoms with Gasteiger partial charge < -0.3 is 16.0 Å².